The predicted molar refractivity (Wildman–Crippen MR) is 80.3 cm³/mol. The van der Waals surface area contributed by atoms with Crippen LogP contribution >= 0.6 is 0 Å². The van der Waals surface area contributed by atoms with Crippen molar-refractivity contribution in [3.63, 3.8) is 0 Å². The first-order chi connectivity index (χ1) is 9.08. The summed E-state index contributed by atoms with van der Waals surface area (Å²) in [6, 6.07) is 0.285. The fourth-order valence-electron chi connectivity index (χ4n) is 2.89. The van der Waals surface area contributed by atoms with Crippen LogP contribution in [0.15, 0.2) is 0 Å². The highest BCUT2D eigenvalue weighted by Gasteiger charge is 2.21. The van der Waals surface area contributed by atoms with Gasteiger partial charge in [-0.15, -0.1) is 0 Å². The number of nitrogens with zero attached hydrogens (tertiary/aromatic N) is 2. The number of amides is 1. The van der Waals surface area contributed by atoms with Gasteiger partial charge in [-0.2, -0.15) is 0 Å². The Bertz CT molecular complexity index is 260. The van der Waals surface area contributed by atoms with Crippen LogP contribution in [0.1, 0.15) is 47.0 Å². The maximum Gasteiger partial charge on any atom is 0.239 e. The van der Waals surface area contributed by atoms with E-state index in [1.54, 1.807) is 0 Å². The van der Waals surface area contributed by atoms with E-state index < -0.39 is 0 Å². The highest BCUT2D eigenvalue weighted by molar-refractivity contribution is 5.81. The Morgan fingerprint density at radius 3 is 2.26 bits per heavy atom. The van der Waals surface area contributed by atoms with E-state index in [1.165, 1.54) is 32.4 Å². The molecule has 1 amide bonds. The molecule has 1 fully saturated rings. The minimum Gasteiger partial charge on any atom is -0.342 e. The molecule has 1 N–H and O–H groups in total. The van der Waals surface area contributed by atoms with Crippen molar-refractivity contribution in [1.82, 2.24) is 15.1 Å². The Hall–Kier alpha value is -0.610. The minimum absolute atomic E-state index is 0.0836. The third kappa shape index (κ3) is 5.49. The predicted octanol–water partition coefficient (Wildman–Crippen LogP) is 1.71. The fraction of sp³-hybridized carbons (Fsp3) is 0.933. The number of likely N-dealkylation sites (N-methyl/N-ethyl adjacent to an activating group) is 1. The Morgan fingerprint density at radius 2 is 1.74 bits per heavy atom. The standard InChI is InChI=1S/C15H31N3O/c1-5-18(6-2)15(19)14(4)16-13(3)12-17-10-8-7-9-11-17/h13-14,16H,5-12H2,1-4H3. The van der Waals surface area contributed by atoms with E-state index in [0.717, 1.165) is 19.6 Å². The molecule has 0 radical (unpaired) electrons. The van der Waals surface area contributed by atoms with Crippen LogP contribution in [0.5, 0.6) is 0 Å². The number of carbonyl (C=O) groups excluding carboxylic acids is 1. The molecule has 1 aliphatic rings. The number of rotatable bonds is 7. The van der Waals surface area contributed by atoms with Crippen molar-refractivity contribution >= 4 is 5.91 Å². The van der Waals surface area contributed by atoms with E-state index >= 15 is 0 Å². The van der Waals surface area contributed by atoms with Crippen LogP contribution in [-0.2, 0) is 4.79 Å². The van der Waals surface area contributed by atoms with Gasteiger partial charge >= 0.3 is 0 Å². The van der Waals surface area contributed by atoms with Gasteiger partial charge in [0.15, 0.2) is 0 Å². The minimum atomic E-state index is -0.0836. The maximum absolute atomic E-state index is 12.2. The Labute approximate surface area is 118 Å². The zero-order chi connectivity index (χ0) is 14.3. The van der Waals surface area contributed by atoms with E-state index in [2.05, 4.69) is 17.1 Å². The van der Waals surface area contributed by atoms with Crippen LogP contribution in [0.3, 0.4) is 0 Å². The molecule has 0 aromatic rings. The molecule has 2 unspecified atom stereocenters. The van der Waals surface area contributed by atoms with E-state index in [4.69, 9.17) is 0 Å². The molecule has 0 aromatic heterocycles. The summed E-state index contributed by atoms with van der Waals surface area (Å²) in [5.74, 6) is 0.218. The van der Waals surface area contributed by atoms with Gasteiger partial charge in [-0.25, -0.2) is 0 Å². The molecule has 1 aliphatic heterocycles. The lowest BCUT2D eigenvalue weighted by Gasteiger charge is -2.31. The quantitative estimate of drug-likeness (QED) is 0.764. The first-order valence-corrected chi connectivity index (χ1v) is 7.85. The topological polar surface area (TPSA) is 35.6 Å². The van der Waals surface area contributed by atoms with Crippen LogP contribution < -0.4 is 5.32 Å². The summed E-state index contributed by atoms with van der Waals surface area (Å²) in [5, 5.41) is 3.44. The number of likely N-dealkylation sites (tertiary alicyclic amines) is 1. The Morgan fingerprint density at radius 1 is 1.16 bits per heavy atom. The number of carbonyl (C=O) groups is 1. The number of hydrogen-bond acceptors (Lipinski definition) is 3. The van der Waals surface area contributed by atoms with E-state index in [0.29, 0.717) is 6.04 Å². The van der Waals surface area contributed by atoms with Gasteiger partial charge in [0, 0.05) is 25.7 Å². The van der Waals surface area contributed by atoms with Crippen molar-refractivity contribution in [2.75, 3.05) is 32.7 Å². The van der Waals surface area contributed by atoms with Crippen molar-refractivity contribution in [3.05, 3.63) is 0 Å². The third-order valence-corrected chi connectivity index (χ3v) is 3.96. The van der Waals surface area contributed by atoms with Gasteiger partial charge < -0.3 is 15.1 Å². The molecular weight excluding hydrogens is 238 g/mol. The average molecular weight is 269 g/mol. The van der Waals surface area contributed by atoms with Crippen LogP contribution in [-0.4, -0.2) is 60.5 Å². The third-order valence-electron chi connectivity index (χ3n) is 3.96. The normalized spacial score (nSPS) is 20.0. The number of hydrogen-bond donors (Lipinski definition) is 1. The van der Waals surface area contributed by atoms with Gasteiger partial charge in [0.2, 0.25) is 5.91 Å². The molecule has 0 aromatic carbocycles. The molecule has 112 valence electrons. The van der Waals surface area contributed by atoms with Crippen molar-refractivity contribution < 1.29 is 4.79 Å². The van der Waals surface area contributed by atoms with E-state index in [9.17, 15) is 4.79 Å². The van der Waals surface area contributed by atoms with Gasteiger partial charge in [-0.05, 0) is 53.6 Å². The average Bonchev–Trinajstić information content (AvgIpc) is 2.40. The van der Waals surface area contributed by atoms with Gasteiger partial charge in [0.05, 0.1) is 6.04 Å². The van der Waals surface area contributed by atoms with Crippen LogP contribution in [0.25, 0.3) is 0 Å². The molecule has 0 bridgehead atoms. The fourth-order valence-corrected chi connectivity index (χ4v) is 2.89. The summed E-state index contributed by atoms with van der Waals surface area (Å²) in [5.41, 5.74) is 0. The smallest absolute Gasteiger partial charge is 0.239 e. The molecule has 4 nitrogen and oxygen atoms in total. The Kier molecular flexibility index (Phi) is 7.39. The summed E-state index contributed by atoms with van der Waals surface area (Å²) in [6.45, 7) is 13.3. The molecule has 1 saturated heterocycles. The summed E-state index contributed by atoms with van der Waals surface area (Å²) in [7, 11) is 0. The van der Waals surface area contributed by atoms with E-state index in [1.807, 2.05) is 25.7 Å². The summed E-state index contributed by atoms with van der Waals surface area (Å²) >= 11 is 0. The van der Waals surface area contributed by atoms with Crippen molar-refractivity contribution in [2.45, 2.75) is 59.0 Å². The van der Waals surface area contributed by atoms with Crippen molar-refractivity contribution in [1.29, 1.82) is 0 Å². The Balaban J connectivity index is 2.33. The first kappa shape index (κ1) is 16.4. The molecule has 1 rings (SSSR count). The number of nitrogens with one attached hydrogen (secondary N) is 1. The zero-order valence-electron chi connectivity index (χ0n) is 13.1. The van der Waals surface area contributed by atoms with Crippen LogP contribution in [0, 0.1) is 0 Å². The molecule has 4 heteroatoms. The second kappa shape index (κ2) is 8.54. The number of piperidine rings is 1. The van der Waals surface area contributed by atoms with Crippen LogP contribution in [0.4, 0.5) is 0 Å². The summed E-state index contributed by atoms with van der Waals surface area (Å²) in [6.07, 6.45) is 4.01. The molecule has 0 aliphatic carbocycles. The van der Waals surface area contributed by atoms with Crippen molar-refractivity contribution in [2.24, 2.45) is 0 Å². The van der Waals surface area contributed by atoms with Crippen molar-refractivity contribution in [3.8, 4) is 0 Å². The molecule has 0 spiro atoms. The van der Waals surface area contributed by atoms with Gasteiger partial charge in [-0.3, -0.25) is 4.79 Å². The highest BCUT2D eigenvalue weighted by atomic mass is 16.2. The molecule has 0 saturated carbocycles. The summed E-state index contributed by atoms with van der Waals surface area (Å²) in [4.78, 5) is 16.6. The SMILES string of the molecule is CCN(CC)C(=O)C(C)NC(C)CN1CCCCC1. The molecule has 2 atom stereocenters. The lowest BCUT2D eigenvalue weighted by molar-refractivity contribution is -0.132. The van der Waals surface area contributed by atoms with Gasteiger partial charge in [0.1, 0.15) is 0 Å². The van der Waals surface area contributed by atoms with Gasteiger partial charge in [0.25, 0.3) is 0 Å². The lowest BCUT2D eigenvalue weighted by atomic mass is 10.1. The lowest BCUT2D eigenvalue weighted by Crippen LogP contribution is -2.50. The largest absolute Gasteiger partial charge is 0.342 e. The maximum atomic E-state index is 12.2. The zero-order valence-corrected chi connectivity index (χ0v) is 13.1. The highest BCUT2D eigenvalue weighted by Crippen LogP contribution is 2.09. The first-order valence-electron chi connectivity index (χ1n) is 7.85. The molecule has 19 heavy (non-hydrogen) atoms. The second-order valence-corrected chi connectivity index (χ2v) is 5.66. The molecular formula is C15H31N3O. The molecule has 1 heterocycles. The van der Waals surface area contributed by atoms with Gasteiger partial charge in [-0.1, -0.05) is 6.42 Å². The summed E-state index contributed by atoms with van der Waals surface area (Å²) < 4.78 is 0. The van der Waals surface area contributed by atoms with Crippen LogP contribution in [0.2, 0.25) is 0 Å². The monoisotopic (exact) mass is 269 g/mol. The second-order valence-electron chi connectivity index (χ2n) is 5.66. The van der Waals surface area contributed by atoms with E-state index in [-0.39, 0.29) is 11.9 Å².